The standard InChI is InChI=1S/C11H22O/c1-5-6-7-8(2)11(4)9(3)10(11)12/h8-10,12H,5-7H2,1-4H3. The normalized spacial score (nSPS) is 42.8. The van der Waals surface area contributed by atoms with E-state index in [9.17, 15) is 5.11 Å². The van der Waals surface area contributed by atoms with Crippen LogP contribution in [-0.4, -0.2) is 11.2 Å². The first-order chi connectivity index (χ1) is 5.55. The van der Waals surface area contributed by atoms with Gasteiger partial charge in [0.2, 0.25) is 0 Å². The van der Waals surface area contributed by atoms with E-state index < -0.39 is 0 Å². The Morgan fingerprint density at radius 2 is 2.00 bits per heavy atom. The van der Waals surface area contributed by atoms with Crippen LogP contribution < -0.4 is 0 Å². The molecule has 12 heavy (non-hydrogen) atoms. The van der Waals surface area contributed by atoms with Gasteiger partial charge in [-0.2, -0.15) is 0 Å². The molecule has 1 nitrogen and oxygen atoms in total. The number of rotatable bonds is 4. The van der Waals surface area contributed by atoms with Crippen molar-refractivity contribution in [3.8, 4) is 0 Å². The van der Waals surface area contributed by atoms with Crippen LogP contribution in [0.25, 0.3) is 0 Å². The van der Waals surface area contributed by atoms with E-state index in [0.29, 0.717) is 11.8 Å². The largest absolute Gasteiger partial charge is 0.392 e. The van der Waals surface area contributed by atoms with Gasteiger partial charge in [0.1, 0.15) is 0 Å². The van der Waals surface area contributed by atoms with E-state index in [4.69, 9.17) is 0 Å². The van der Waals surface area contributed by atoms with Crippen LogP contribution in [0.4, 0.5) is 0 Å². The van der Waals surface area contributed by atoms with Crippen molar-refractivity contribution in [2.24, 2.45) is 17.3 Å². The highest BCUT2D eigenvalue weighted by Gasteiger charge is 2.60. The number of unbranched alkanes of at least 4 members (excludes halogenated alkanes) is 1. The van der Waals surface area contributed by atoms with Crippen molar-refractivity contribution in [2.75, 3.05) is 0 Å². The van der Waals surface area contributed by atoms with Gasteiger partial charge in [-0.3, -0.25) is 0 Å². The zero-order valence-corrected chi connectivity index (χ0v) is 8.80. The lowest BCUT2D eigenvalue weighted by Crippen LogP contribution is -2.14. The summed E-state index contributed by atoms with van der Waals surface area (Å²) < 4.78 is 0. The van der Waals surface area contributed by atoms with E-state index in [1.54, 1.807) is 0 Å². The van der Waals surface area contributed by atoms with Crippen LogP contribution >= 0.6 is 0 Å². The Bertz CT molecular complexity index is 145. The maximum absolute atomic E-state index is 9.62. The molecule has 72 valence electrons. The van der Waals surface area contributed by atoms with Gasteiger partial charge in [0.05, 0.1) is 6.10 Å². The summed E-state index contributed by atoms with van der Waals surface area (Å²) in [7, 11) is 0. The van der Waals surface area contributed by atoms with E-state index in [1.165, 1.54) is 19.3 Å². The molecule has 0 aromatic carbocycles. The Morgan fingerprint density at radius 1 is 1.50 bits per heavy atom. The number of hydrogen-bond acceptors (Lipinski definition) is 1. The Labute approximate surface area is 76.2 Å². The molecule has 0 bridgehead atoms. The molecule has 0 radical (unpaired) electrons. The third-order valence-corrected chi connectivity index (χ3v) is 4.04. The second-order valence-corrected chi connectivity index (χ2v) is 4.64. The van der Waals surface area contributed by atoms with Crippen LogP contribution in [0.5, 0.6) is 0 Å². The highest BCUT2D eigenvalue weighted by atomic mass is 16.3. The molecule has 4 unspecified atom stereocenters. The van der Waals surface area contributed by atoms with Gasteiger partial charge in [0, 0.05) is 5.41 Å². The fourth-order valence-corrected chi connectivity index (χ4v) is 2.29. The van der Waals surface area contributed by atoms with Gasteiger partial charge in [-0.1, -0.05) is 47.0 Å². The summed E-state index contributed by atoms with van der Waals surface area (Å²) in [5, 5.41) is 9.62. The van der Waals surface area contributed by atoms with E-state index in [1.807, 2.05) is 0 Å². The molecule has 0 aromatic heterocycles. The smallest absolute Gasteiger partial charge is 0.0631 e. The predicted octanol–water partition coefficient (Wildman–Crippen LogP) is 2.83. The van der Waals surface area contributed by atoms with Crippen molar-refractivity contribution in [1.82, 2.24) is 0 Å². The van der Waals surface area contributed by atoms with Crippen LogP contribution in [0.15, 0.2) is 0 Å². The Hall–Kier alpha value is -0.0400. The Morgan fingerprint density at radius 3 is 2.33 bits per heavy atom. The number of hydrogen-bond donors (Lipinski definition) is 1. The molecule has 1 rings (SSSR count). The lowest BCUT2D eigenvalue weighted by Gasteiger charge is -2.19. The average Bonchev–Trinajstić information content (AvgIpc) is 2.54. The topological polar surface area (TPSA) is 20.2 Å². The van der Waals surface area contributed by atoms with Gasteiger partial charge >= 0.3 is 0 Å². The van der Waals surface area contributed by atoms with Crippen molar-refractivity contribution in [3.05, 3.63) is 0 Å². The van der Waals surface area contributed by atoms with Gasteiger partial charge in [0.25, 0.3) is 0 Å². The lowest BCUT2D eigenvalue weighted by atomic mass is 9.86. The van der Waals surface area contributed by atoms with Crippen molar-refractivity contribution >= 4 is 0 Å². The van der Waals surface area contributed by atoms with Crippen molar-refractivity contribution in [2.45, 2.75) is 53.1 Å². The molecule has 1 N–H and O–H groups in total. The summed E-state index contributed by atoms with van der Waals surface area (Å²) in [6.07, 6.45) is 3.81. The Kier molecular flexibility index (Phi) is 2.82. The molecule has 1 saturated carbocycles. The van der Waals surface area contributed by atoms with Gasteiger partial charge in [-0.05, 0) is 11.8 Å². The molecule has 1 aliphatic carbocycles. The molecule has 1 aliphatic rings. The minimum absolute atomic E-state index is 0.0376. The van der Waals surface area contributed by atoms with Crippen LogP contribution in [0, 0.1) is 17.3 Å². The minimum Gasteiger partial charge on any atom is -0.392 e. The third kappa shape index (κ3) is 1.39. The van der Waals surface area contributed by atoms with E-state index in [-0.39, 0.29) is 11.5 Å². The van der Waals surface area contributed by atoms with Crippen LogP contribution in [0.3, 0.4) is 0 Å². The summed E-state index contributed by atoms with van der Waals surface area (Å²) in [6, 6.07) is 0. The molecule has 0 heterocycles. The molecule has 0 amide bonds. The van der Waals surface area contributed by atoms with Crippen LogP contribution in [0.2, 0.25) is 0 Å². The number of aliphatic hydroxyl groups is 1. The first-order valence-corrected chi connectivity index (χ1v) is 5.23. The molecule has 0 aromatic rings. The second kappa shape index (κ2) is 3.37. The second-order valence-electron chi connectivity index (χ2n) is 4.64. The first-order valence-electron chi connectivity index (χ1n) is 5.23. The SMILES string of the molecule is CCCCC(C)C1(C)C(C)C1O. The highest BCUT2D eigenvalue weighted by Crippen LogP contribution is 2.58. The van der Waals surface area contributed by atoms with Gasteiger partial charge in [-0.25, -0.2) is 0 Å². The Balaban J connectivity index is 2.38. The summed E-state index contributed by atoms with van der Waals surface area (Å²) in [4.78, 5) is 0. The van der Waals surface area contributed by atoms with Crippen molar-refractivity contribution in [3.63, 3.8) is 0 Å². The van der Waals surface area contributed by atoms with Gasteiger partial charge in [0.15, 0.2) is 0 Å². The molecule has 4 atom stereocenters. The zero-order valence-electron chi connectivity index (χ0n) is 8.80. The lowest BCUT2D eigenvalue weighted by molar-refractivity contribution is 0.185. The average molecular weight is 170 g/mol. The maximum atomic E-state index is 9.62. The molecule has 0 spiro atoms. The summed E-state index contributed by atoms with van der Waals surface area (Å²) in [5.74, 6) is 1.20. The monoisotopic (exact) mass is 170 g/mol. The maximum Gasteiger partial charge on any atom is 0.0631 e. The van der Waals surface area contributed by atoms with Crippen molar-refractivity contribution in [1.29, 1.82) is 0 Å². The van der Waals surface area contributed by atoms with E-state index in [0.717, 1.165) is 0 Å². The quantitative estimate of drug-likeness (QED) is 0.688. The zero-order chi connectivity index (χ0) is 9.35. The van der Waals surface area contributed by atoms with Crippen LogP contribution in [0.1, 0.15) is 47.0 Å². The third-order valence-electron chi connectivity index (χ3n) is 4.04. The predicted molar refractivity (Wildman–Crippen MR) is 52.0 cm³/mol. The fraction of sp³-hybridized carbons (Fsp3) is 1.00. The van der Waals surface area contributed by atoms with Gasteiger partial charge in [-0.15, -0.1) is 0 Å². The van der Waals surface area contributed by atoms with Crippen LogP contribution in [-0.2, 0) is 0 Å². The number of aliphatic hydroxyl groups excluding tert-OH is 1. The summed E-state index contributed by atoms with van der Waals surface area (Å²) >= 11 is 0. The molecule has 0 saturated heterocycles. The molecule has 1 heteroatoms. The highest BCUT2D eigenvalue weighted by molar-refractivity contribution is 5.08. The van der Waals surface area contributed by atoms with Gasteiger partial charge < -0.3 is 5.11 Å². The fourth-order valence-electron chi connectivity index (χ4n) is 2.29. The van der Waals surface area contributed by atoms with E-state index in [2.05, 4.69) is 27.7 Å². The first kappa shape index (κ1) is 10.0. The summed E-state index contributed by atoms with van der Waals surface area (Å²) in [6.45, 7) is 8.89. The van der Waals surface area contributed by atoms with E-state index >= 15 is 0 Å². The molecular weight excluding hydrogens is 148 g/mol. The molecular formula is C11H22O. The molecule has 0 aliphatic heterocycles. The minimum atomic E-state index is -0.0376. The van der Waals surface area contributed by atoms with Crippen molar-refractivity contribution < 1.29 is 5.11 Å². The molecule has 1 fully saturated rings. The summed E-state index contributed by atoms with van der Waals surface area (Å²) in [5.41, 5.74) is 0.231.